The summed E-state index contributed by atoms with van der Waals surface area (Å²) in [6, 6.07) is 8.24. The molecule has 1 atom stereocenters. The maximum atomic E-state index is 12.4. The van der Waals surface area contributed by atoms with Gasteiger partial charge in [-0.15, -0.1) is 0 Å². The quantitative estimate of drug-likeness (QED) is 0.678. The minimum atomic E-state index is 0.200. The second kappa shape index (κ2) is 3.73. The lowest BCUT2D eigenvalue weighted by molar-refractivity contribution is 0.581. The molecule has 2 aromatic rings. The minimum Gasteiger partial charge on any atom is -0.311 e. The summed E-state index contributed by atoms with van der Waals surface area (Å²) in [7, 11) is 1.88. The van der Waals surface area contributed by atoms with Crippen LogP contribution in [0.2, 0.25) is 0 Å². The van der Waals surface area contributed by atoms with Gasteiger partial charge < -0.3 is 4.57 Å². The van der Waals surface area contributed by atoms with Gasteiger partial charge in [-0.05, 0) is 36.8 Å². The SMILES string of the molecule is C[C@H]1CCCc2c1c(=O)n(C)c1ccccc21. The van der Waals surface area contributed by atoms with Gasteiger partial charge in [-0.25, -0.2) is 0 Å². The third-order valence-electron chi connectivity index (χ3n) is 4.01. The summed E-state index contributed by atoms with van der Waals surface area (Å²) in [5.74, 6) is 0.405. The Morgan fingerprint density at radius 1 is 1.29 bits per heavy atom. The van der Waals surface area contributed by atoms with Crippen molar-refractivity contribution < 1.29 is 0 Å². The van der Waals surface area contributed by atoms with Crippen LogP contribution in [0.25, 0.3) is 10.9 Å². The van der Waals surface area contributed by atoms with Crippen molar-refractivity contribution in [2.75, 3.05) is 0 Å². The third-order valence-corrected chi connectivity index (χ3v) is 4.01. The second-order valence-electron chi connectivity index (χ2n) is 5.07. The Balaban J connectivity index is 2.50. The Kier molecular flexibility index (Phi) is 2.32. The molecule has 2 nitrogen and oxygen atoms in total. The van der Waals surface area contributed by atoms with Crippen molar-refractivity contribution in [3.05, 3.63) is 45.7 Å². The highest BCUT2D eigenvalue weighted by Gasteiger charge is 2.23. The van der Waals surface area contributed by atoms with E-state index in [1.807, 2.05) is 19.2 Å². The van der Waals surface area contributed by atoms with Crippen LogP contribution in [0.1, 0.15) is 36.8 Å². The van der Waals surface area contributed by atoms with Gasteiger partial charge in [0, 0.05) is 18.0 Å². The van der Waals surface area contributed by atoms with E-state index in [0.717, 1.165) is 23.9 Å². The number of benzene rings is 1. The highest BCUT2D eigenvalue weighted by atomic mass is 16.1. The standard InChI is InChI=1S/C15H17NO/c1-10-6-5-8-12-11-7-3-4-9-13(11)16(2)15(17)14(10)12/h3-4,7,9-10H,5-6,8H2,1-2H3/t10-/m0/s1. The van der Waals surface area contributed by atoms with Crippen molar-refractivity contribution >= 4 is 10.9 Å². The molecule has 1 heterocycles. The minimum absolute atomic E-state index is 0.200. The fourth-order valence-electron chi connectivity index (χ4n) is 3.09. The molecule has 0 saturated carbocycles. The van der Waals surface area contributed by atoms with Crippen molar-refractivity contribution in [1.82, 2.24) is 4.57 Å². The van der Waals surface area contributed by atoms with Crippen LogP contribution >= 0.6 is 0 Å². The first-order chi connectivity index (χ1) is 8.20. The molecule has 0 amide bonds. The molecule has 0 N–H and O–H groups in total. The average molecular weight is 227 g/mol. The first-order valence-corrected chi connectivity index (χ1v) is 6.30. The first kappa shape index (κ1) is 10.6. The molecule has 0 saturated heterocycles. The van der Waals surface area contributed by atoms with E-state index in [1.54, 1.807) is 4.57 Å². The number of aryl methyl sites for hydroxylation is 2. The van der Waals surface area contributed by atoms with Crippen LogP contribution in [0.4, 0.5) is 0 Å². The van der Waals surface area contributed by atoms with Crippen LogP contribution in [-0.2, 0) is 13.5 Å². The molecule has 1 aromatic heterocycles. The summed E-state index contributed by atoms with van der Waals surface area (Å²) in [5, 5.41) is 1.26. The van der Waals surface area contributed by atoms with Gasteiger partial charge in [0.1, 0.15) is 0 Å². The molecule has 17 heavy (non-hydrogen) atoms. The predicted octanol–water partition coefficient (Wildman–Crippen LogP) is 2.98. The van der Waals surface area contributed by atoms with Gasteiger partial charge in [0.2, 0.25) is 0 Å². The largest absolute Gasteiger partial charge is 0.311 e. The van der Waals surface area contributed by atoms with Crippen LogP contribution in [-0.4, -0.2) is 4.57 Å². The van der Waals surface area contributed by atoms with E-state index >= 15 is 0 Å². The lowest BCUT2D eigenvalue weighted by atomic mass is 9.83. The van der Waals surface area contributed by atoms with Crippen molar-refractivity contribution in [3.63, 3.8) is 0 Å². The van der Waals surface area contributed by atoms with Crippen molar-refractivity contribution in [3.8, 4) is 0 Å². The zero-order valence-electron chi connectivity index (χ0n) is 10.4. The zero-order valence-corrected chi connectivity index (χ0v) is 10.4. The average Bonchev–Trinajstić information content (AvgIpc) is 2.36. The number of rotatable bonds is 0. The lowest BCUT2D eigenvalue weighted by Crippen LogP contribution is -2.27. The van der Waals surface area contributed by atoms with E-state index in [9.17, 15) is 4.79 Å². The molecule has 88 valence electrons. The Morgan fingerprint density at radius 3 is 2.88 bits per heavy atom. The molecule has 3 rings (SSSR count). The summed E-state index contributed by atoms with van der Waals surface area (Å²) < 4.78 is 1.80. The number of hydrogen-bond acceptors (Lipinski definition) is 1. The van der Waals surface area contributed by atoms with E-state index in [4.69, 9.17) is 0 Å². The number of pyridine rings is 1. The normalized spacial score (nSPS) is 19.3. The van der Waals surface area contributed by atoms with E-state index in [0.29, 0.717) is 5.92 Å². The third kappa shape index (κ3) is 1.43. The first-order valence-electron chi connectivity index (χ1n) is 6.30. The second-order valence-corrected chi connectivity index (χ2v) is 5.07. The van der Waals surface area contributed by atoms with E-state index in [1.165, 1.54) is 17.4 Å². The topological polar surface area (TPSA) is 22.0 Å². The highest BCUT2D eigenvalue weighted by molar-refractivity contribution is 5.84. The number of aromatic nitrogens is 1. The molecule has 0 aliphatic heterocycles. The maximum Gasteiger partial charge on any atom is 0.254 e. The molecule has 0 spiro atoms. The Bertz CT molecular complexity index is 639. The summed E-state index contributed by atoms with van der Waals surface area (Å²) in [5.41, 5.74) is 3.61. The molecule has 0 unspecified atom stereocenters. The molecule has 1 aliphatic rings. The summed E-state index contributed by atoms with van der Waals surface area (Å²) in [6.45, 7) is 2.17. The van der Waals surface area contributed by atoms with Crippen molar-refractivity contribution in [2.45, 2.75) is 32.1 Å². The van der Waals surface area contributed by atoms with Gasteiger partial charge in [-0.1, -0.05) is 25.1 Å². The van der Waals surface area contributed by atoms with Crippen LogP contribution in [0, 0.1) is 0 Å². The van der Waals surface area contributed by atoms with Gasteiger partial charge >= 0.3 is 0 Å². The van der Waals surface area contributed by atoms with Gasteiger partial charge in [0.15, 0.2) is 0 Å². The Labute approximate surface area is 101 Å². The molecule has 0 bridgehead atoms. The van der Waals surface area contributed by atoms with E-state index in [2.05, 4.69) is 19.1 Å². The lowest BCUT2D eigenvalue weighted by Gasteiger charge is -2.24. The molecular formula is C15H17NO. The van der Waals surface area contributed by atoms with Crippen molar-refractivity contribution in [1.29, 1.82) is 0 Å². The van der Waals surface area contributed by atoms with Gasteiger partial charge in [-0.2, -0.15) is 0 Å². The molecule has 0 radical (unpaired) electrons. The summed E-state index contributed by atoms with van der Waals surface area (Å²) in [6.07, 6.45) is 3.39. The number of fused-ring (bicyclic) bond motifs is 3. The summed E-state index contributed by atoms with van der Waals surface area (Å²) >= 11 is 0. The van der Waals surface area contributed by atoms with E-state index in [-0.39, 0.29) is 5.56 Å². The molecular weight excluding hydrogens is 210 g/mol. The molecule has 2 heteroatoms. The zero-order chi connectivity index (χ0) is 12.0. The smallest absolute Gasteiger partial charge is 0.254 e. The number of para-hydroxylation sites is 1. The fraction of sp³-hybridized carbons (Fsp3) is 0.400. The van der Waals surface area contributed by atoms with Gasteiger partial charge in [0.05, 0.1) is 5.52 Å². The fourth-order valence-corrected chi connectivity index (χ4v) is 3.09. The Hall–Kier alpha value is -1.57. The Morgan fingerprint density at radius 2 is 2.06 bits per heavy atom. The molecule has 0 fully saturated rings. The molecule has 1 aromatic carbocycles. The van der Waals surface area contributed by atoms with Gasteiger partial charge in [0.25, 0.3) is 5.56 Å². The van der Waals surface area contributed by atoms with Gasteiger partial charge in [-0.3, -0.25) is 4.79 Å². The van der Waals surface area contributed by atoms with E-state index < -0.39 is 0 Å². The monoisotopic (exact) mass is 227 g/mol. The van der Waals surface area contributed by atoms with Crippen molar-refractivity contribution in [2.24, 2.45) is 7.05 Å². The predicted molar refractivity (Wildman–Crippen MR) is 70.5 cm³/mol. The summed E-state index contributed by atoms with van der Waals surface area (Å²) in [4.78, 5) is 12.4. The maximum absolute atomic E-state index is 12.4. The van der Waals surface area contributed by atoms with Crippen LogP contribution in [0.5, 0.6) is 0 Å². The highest BCUT2D eigenvalue weighted by Crippen LogP contribution is 2.32. The van der Waals surface area contributed by atoms with Crippen LogP contribution in [0.15, 0.2) is 29.1 Å². The molecule has 1 aliphatic carbocycles. The number of hydrogen-bond donors (Lipinski definition) is 0. The van der Waals surface area contributed by atoms with Crippen LogP contribution < -0.4 is 5.56 Å². The number of nitrogens with zero attached hydrogens (tertiary/aromatic N) is 1. The van der Waals surface area contributed by atoms with Crippen LogP contribution in [0.3, 0.4) is 0 Å².